The summed E-state index contributed by atoms with van der Waals surface area (Å²) in [4.78, 5) is 22.6. The van der Waals surface area contributed by atoms with E-state index in [0.29, 0.717) is 11.3 Å². The number of hydrogen-bond donors (Lipinski definition) is 1. The van der Waals surface area contributed by atoms with Gasteiger partial charge in [0, 0.05) is 11.8 Å². The second kappa shape index (κ2) is 5.31. The van der Waals surface area contributed by atoms with Crippen LogP contribution in [0.5, 0.6) is 0 Å². The van der Waals surface area contributed by atoms with Gasteiger partial charge >= 0.3 is 5.63 Å². The van der Waals surface area contributed by atoms with Gasteiger partial charge in [0.2, 0.25) is 0 Å². The first-order valence-corrected chi connectivity index (χ1v) is 5.68. The minimum atomic E-state index is -0.473. The molecule has 0 aliphatic carbocycles. The molecule has 0 atom stereocenters. The van der Waals surface area contributed by atoms with Gasteiger partial charge in [-0.25, -0.2) is 4.79 Å². The molecule has 2 rings (SSSR count). The third-order valence-corrected chi connectivity index (χ3v) is 2.58. The largest absolute Gasteiger partial charge is 0.430 e. The van der Waals surface area contributed by atoms with Gasteiger partial charge in [-0.3, -0.25) is 4.79 Å². The maximum atomic E-state index is 11.8. The minimum Gasteiger partial charge on any atom is -0.430 e. The molecule has 0 saturated carbocycles. The van der Waals surface area contributed by atoms with Crippen LogP contribution in [0.3, 0.4) is 0 Å². The van der Waals surface area contributed by atoms with E-state index in [-0.39, 0.29) is 5.91 Å². The molecule has 1 aromatic carbocycles. The highest BCUT2D eigenvalue weighted by molar-refractivity contribution is 6.03. The number of anilines is 1. The molecule has 1 heterocycles. The van der Waals surface area contributed by atoms with E-state index in [2.05, 4.69) is 16.7 Å². The van der Waals surface area contributed by atoms with Crippen LogP contribution in [0, 0.1) is 0 Å². The summed E-state index contributed by atoms with van der Waals surface area (Å²) in [5.74, 6) is -0.303. The van der Waals surface area contributed by atoms with Crippen LogP contribution in [0.25, 0.3) is 0 Å². The summed E-state index contributed by atoms with van der Waals surface area (Å²) in [5, 5.41) is 2.73. The van der Waals surface area contributed by atoms with E-state index >= 15 is 0 Å². The molecule has 4 heteroatoms. The lowest BCUT2D eigenvalue weighted by Crippen LogP contribution is -2.12. The van der Waals surface area contributed by atoms with Crippen molar-refractivity contribution in [2.75, 3.05) is 5.32 Å². The summed E-state index contributed by atoms with van der Waals surface area (Å²) >= 11 is 0. The lowest BCUT2D eigenvalue weighted by atomic mass is 10.1. The Morgan fingerprint density at radius 2 is 1.89 bits per heavy atom. The number of rotatable bonds is 3. The van der Waals surface area contributed by atoms with Crippen molar-refractivity contribution in [1.82, 2.24) is 0 Å². The summed E-state index contributed by atoms with van der Waals surface area (Å²) in [7, 11) is 0. The van der Waals surface area contributed by atoms with Gasteiger partial charge in [0.25, 0.3) is 5.91 Å². The highest BCUT2D eigenvalue weighted by atomic mass is 16.4. The summed E-state index contributed by atoms with van der Waals surface area (Å²) in [6.45, 7) is 2.07. The Bertz CT molecular complexity index is 579. The summed E-state index contributed by atoms with van der Waals surface area (Å²) in [6.07, 6.45) is 2.11. The van der Waals surface area contributed by atoms with Crippen molar-refractivity contribution in [3.8, 4) is 0 Å². The smallest absolute Gasteiger partial charge is 0.335 e. The van der Waals surface area contributed by atoms with Crippen LogP contribution in [-0.4, -0.2) is 5.91 Å². The maximum absolute atomic E-state index is 11.8. The Morgan fingerprint density at radius 1 is 1.17 bits per heavy atom. The van der Waals surface area contributed by atoms with Gasteiger partial charge in [0.1, 0.15) is 6.26 Å². The number of hydrogen-bond acceptors (Lipinski definition) is 3. The zero-order valence-electron chi connectivity index (χ0n) is 9.97. The fraction of sp³-hybridized carbons (Fsp3) is 0.143. The van der Waals surface area contributed by atoms with Crippen LogP contribution in [-0.2, 0) is 6.42 Å². The molecular formula is C14H13NO3. The zero-order chi connectivity index (χ0) is 13.0. The van der Waals surface area contributed by atoms with Gasteiger partial charge in [0.15, 0.2) is 0 Å². The van der Waals surface area contributed by atoms with E-state index in [9.17, 15) is 9.59 Å². The fourth-order valence-electron chi connectivity index (χ4n) is 1.51. The zero-order valence-corrected chi connectivity index (χ0v) is 9.97. The molecule has 18 heavy (non-hydrogen) atoms. The van der Waals surface area contributed by atoms with Crippen molar-refractivity contribution in [1.29, 1.82) is 0 Å². The molecular weight excluding hydrogens is 230 g/mol. The summed E-state index contributed by atoms with van der Waals surface area (Å²) < 4.78 is 4.64. The van der Waals surface area contributed by atoms with E-state index in [1.807, 2.05) is 24.3 Å². The molecule has 0 spiro atoms. The Kier molecular flexibility index (Phi) is 3.57. The lowest BCUT2D eigenvalue weighted by molar-refractivity contribution is 0.102. The fourth-order valence-corrected chi connectivity index (χ4v) is 1.51. The molecule has 0 fully saturated rings. The maximum Gasteiger partial charge on any atom is 0.335 e. The van der Waals surface area contributed by atoms with Crippen LogP contribution in [0.2, 0.25) is 0 Å². The first-order valence-electron chi connectivity index (χ1n) is 5.68. The second-order valence-electron chi connectivity index (χ2n) is 3.85. The molecule has 0 aliphatic rings. The number of benzene rings is 1. The van der Waals surface area contributed by atoms with Crippen LogP contribution in [0.1, 0.15) is 22.8 Å². The van der Waals surface area contributed by atoms with Crippen LogP contribution >= 0.6 is 0 Å². The van der Waals surface area contributed by atoms with Crippen molar-refractivity contribution in [2.45, 2.75) is 13.3 Å². The third kappa shape index (κ3) is 2.85. The number of amides is 1. The molecule has 0 unspecified atom stereocenters. The van der Waals surface area contributed by atoms with E-state index in [0.717, 1.165) is 12.7 Å². The van der Waals surface area contributed by atoms with E-state index < -0.39 is 5.63 Å². The van der Waals surface area contributed by atoms with Crippen molar-refractivity contribution in [3.63, 3.8) is 0 Å². The quantitative estimate of drug-likeness (QED) is 0.900. The Labute approximate surface area is 104 Å². The molecule has 92 valence electrons. The highest BCUT2D eigenvalue weighted by Crippen LogP contribution is 2.11. The van der Waals surface area contributed by atoms with Crippen LogP contribution < -0.4 is 10.9 Å². The summed E-state index contributed by atoms with van der Waals surface area (Å²) in [6, 6.07) is 10.3. The Balaban J connectivity index is 2.10. The van der Waals surface area contributed by atoms with Crippen molar-refractivity contribution < 1.29 is 9.21 Å². The van der Waals surface area contributed by atoms with Gasteiger partial charge in [0.05, 0.1) is 5.56 Å². The highest BCUT2D eigenvalue weighted by Gasteiger charge is 2.06. The summed E-state index contributed by atoms with van der Waals surface area (Å²) in [5.41, 5.74) is 1.76. The SMILES string of the molecule is CCc1ccc(NC(=O)c2ccc(=O)oc2)cc1. The Hall–Kier alpha value is -2.36. The Morgan fingerprint density at radius 3 is 2.44 bits per heavy atom. The number of aryl methyl sites for hydroxylation is 1. The van der Waals surface area contributed by atoms with Crippen LogP contribution in [0.4, 0.5) is 5.69 Å². The molecule has 2 aromatic rings. The van der Waals surface area contributed by atoms with E-state index in [1.54, 1.807) is 0 Å². The molecule has 0 saturated heterocycles. The number of carbonyl (C=O) groups is 1. The van der Waals surface area contributed by atoms with E-state index in [1.165, 1.54) is 17.7 Å². The van der Waals surface area contributed by atoms with E-state index in [4.69, 9.17) is 0 Å². The predicted octanol–water partition coefficient (Wildman–Crippen LogP) is 2.45. The van der Waals surface area contributed by atoms with Gasteiger partial charge in [-0.2, -0.15) is 0 Å². The first-order chi connectivity index (χ1) is 8.69. The topological polar surface area (TPSA) is 59.3 Å². The molecule has 0 aliphatic heterocycles. The molecule has 1 aromatic heterocycles. The molecule has 4 nitrogen and oxygen atoms in total. The number of carbonyl (C=O) groups excluding carboxylic acids is 1. The van der Waals surface area contributed by atoms with Crippen molar-refractivity contribution in [2.24, 2.45) is 0 Å². The first kappa shape index (κ1) is 12.1. The predicted molar refractivity (Wildman–Crippen MR) is 68.8 cm³/mol. The molecule has 1 N–H and O–H groups in total. The molecule has 1 amide bonds. The average molecular weight is 243 g/mol. The van der Waals surface area contributed by atoms with Crippen molar-refractivity contribution >= 4 is 11.6 Å². The standard InChI is InChI=1S/C14H13NO3/c1-2-10-3-6-12(7-4-10)15-14(17)11-5-8-13(16)18-9-11/h3-9H,2H2,1H3,(H,15,17). The third-order valence-electron chi connectivity index (χ3n) is 2.58. The van der Waals surface area contributed by atoms with Gasteiger partial charge in [-0.1, -0.05) is 19.1 Å². The normalized spacial score (nSPS) is 10.1. The van der Waals surface area contributed by atoms with Gasteiger partial charge in [-0.05, 0) is 30.2 Å². The number of nitrogens with one attached hydrogen (secondary N) is 1. The molecule has 0 bridgehead atoms. The lowest BCUT2D eigenvalue weighted by Gasteiger charge is -2.05. The second-order valence-corrected chi connectivity index (χ2v) is 3.85. The van der Waals surface area contributed by atoms with Gasteiger partial charge < -0.3 is 9.73 Å². The minimum absolute atomic E-state index is 0.303. The van der Waals surface area contributed by atoms with Gasteiger partial charge in [-0.15, -0.1) is 0 Å². The monoisotopic (exact) mass is 243 g/mol. The average Bonchev–Trinajstić information content (AvgIpc) is 2.40. The molecule has 0 radical (unpaired) electrons. The van der Waals surface area contributed by atoms with Crippen molar-refractivity contribution in [3.05, 3.63) is 64.2 Å². The van der Waals surface area contributed by atoms with Crippen LogP contribution in [0.15, 0.2) is 51.9 Å².